The Balaban J connectivity index is 0.00000312. The number of nitrogens with one attached hydrogen (secondary N) is 2. The average molecular weight is 477 g/mol. The molecule has 0 aliphatic carbocycles. The van der Waals surface area contributed by atoms with Gasteiger partial charge in [-0.15, -0.1) is 35.3 Å². The average Bonchev–Trinajstić information content (AvgIpc) is 3.05. The summed E-state index contributed by atoms with van der Waals surface area (Å²) in [5.41, 5.74) is 0.801. The number of aliphatic imine (C=N–C) groups is 1. The Bertz CT molecular complexity index is 691. The van der Waals surface area contributed by atoms with Gasteiger partial charge in [-0.1, -0.05) is 13.0 Å². The Kier molecular flexibility index (Phi) is 9.81. The normalized spacial score (nSPS) is 11.0. The highest BCUT2D eigenvalue weighted by molar-refractivity contribution is 14.0. The van der Waals surface area contributed by atoms with E-state index >= 15 is 0 Å². The molecule has 7 heteroatoms. The zero-order valence-corrected chi connectivity index (χ0v) is 17.9. The van der Waals surface area contributed by atoms with Crippen molar-refractivity contribution in [3.63, 3.8) is 0 Å². The van der Waals surface area contributed by atoms with Gasteiger partial charge in [0.05, 0.1) is 20.2 Å². The van der Waals surface area contributed by atoms with Gasteiger partial charge in [0.1, 0.15) is 0 Å². The van der Waals surface area contributed by atoms with Crippen molar-refractivity contribution >= 4 is 41.3 Å². The number of hydrogen-bond donors (Lipinski definition) is 2. The molecule has 1 heterocycles. The van der Waals surface area contributed by atoms with Gasteiger partial charge in [-0.2, -0.15) is 0 Å². The van der Waals surface area contributed by atoms with Crippen LogP contribution in [0.1, 0.15) is 29.2 Å². The van der Waals surface area contributed by atoms with E-state index in [9.17, 15) is 4.39 Å². The molecule has 4 nitrogen and oxygen atoms in total. The summed E-state index contributed by atoms with van der Waals surface area (Å²) >= 11 is 1.80. The van der Waals surface area contributed by atoms with Gasteiger partial charge in [0.15, 0.2) is 17.5 Å². The summed E-state index contributed by atoms with van der Waals surface area (Å²) in [6.45, 7) is 6.08. The zero-order valence-electron chi connectivity index (χ0n) is 14.8. The fourth-order valence-electron chi connectivity index (χ4n) is 2.20. The summed E-state index contributed by atoms with van der Waals surface area (Å²) in [6.07, 6.45) is 1.06. The monoisotopic (exact) mass is 477 g/mol. The Morgan fingerprint density at radius 2 is 1.92 bits per heavy atom. The van der Waals surface area contributed by atoms with E-state index in [-0.39, 0.29) is 35.5 Å². The van der Waals surface area contributed by atoms with Gasteiger partial charge >= 0.3 is 0 Å². The summed E-state index contributed by atoms with van der Waals surface area (Å²) in [7, 11) is 1.46. The van der Waals surface area contributed by atoms with Crippen LogP contribution in [0.3, 0.4) is 0 Å². The van der Waals surface area contributed by atoms with Crippen LogP contribution in [-0.4, -0.2) is 19.6 Å². The Morgan fingerprint density at radius 1 is 1.16 bits per heavy atom. The fourth-order valence-corrected chi connectivity index (χ4v) is 3.10. The van der Waals surface area contributed by atoms with Gasteiger partial charge in [0.2, 0.25) is 0 Å². The van der Waals surface area contributed by atoms with E-state index < -0.39 is 0 Å². The third-order valence-electron chi connectivity index (χ3n) is 3.48. The molecule has 0 spiro atoms. The van der Waals surface area contributed by atoms with E-state index in [0.717, 1.165) is 31.0 Å². The largest absolute Gasteiger partial charge is 0.494 e. The minimum absolute atomic E-state index is 0. The first-order chi connectivity index (χ1) is 11.7. The van der Waals surface area contributed by atoms with Gasteiger partial charge in [0, 0.05) is 16.3 Å². The molecule has 0 aliphatic rings. The maximum Gasteiger partial charge on any atom is 0.191 e. The molecule has 0 atom stereocenters. The third kappa shape index (κ3) is 6.81. The van der Waals surface area contributed by atoms with Gasteiger partial charge in [-0.25, -0.2) is 9.38 Å². The number of ether oxygens (including phenoxy) is 1. The second kappa shape index (κ2) is 11.3. The first-order valence-electron chi connectivity index (χ1n) is 8.08. The molecule has 0 amide bonds. The Morgan fingerprint density at radius 3 is 2.52 bits per heavy atom. The SMILES string of the molecule is CCNC(=NCc1ccc(OC)c(F)c1)NCc1ccc(CC)s1.I. The van der Waals surface area contributed by atoms with Gasteiger partial charge in [-0.3, -0.25) is 0 Å². The molecule has 138 valence electrons. The summed E-state index contributed by atoms with van der Waals surface area (Å²) in [6, 6.07) is 9.20. The predicted molar refractivity (Wildman–Crippen MR) is 114 cm³/mol. The number of nitrogens with zero attached hydrogens (tertiary/aromatic N) is 1. The van der Waals surface area contributed by atoms with Crippen LogP contribution in [0.5, 0.6) is 5.75 Å². The highest BCUT2D eigenvalue weighted by Gasteiger charge is 2.04. The van der Waals surface area contributed by atoms with Crippen LogP contribution in [0, 0.1) is 5.82 Å². The van der Waals surface area contributed by atoms with Crippen LogP contribution in [0.25, 0.3) is 0 Å². The predicted octanol–water partition coefficient (Wildman–Crippen LogP) is 4.33. The highest BCUT2D eigenvalue weighted by Crippen LogP contribution is 2.18. The molecule has 0 saturated carbocycles. The molecule has 1 aromatic heterocycles. The smallest absolute Gasteiger partial charge is 0.191 e. The lowest BCUT2D eigenvalue weighted by Gasteiger charge is -2.10. The lowest BCUT2D eigenvalue weighted by atomic mass is 10.2. The van der Waals surface area contributed by atoms with Crippen molar-refractivity contribution in [3.8, 4) is 5.75 Å². The first-order valence-corrected chi connectivity index (χ1v) is 8.90. The standard InChI is InChI=1S/C18H24FN3OS.HI/c1-4-14-7-8-15(24-14)12-22-18(20-5-2)21-11-13-6-9-17(23-3)16(19)10-13;/h6-10H,4-5,11-12H2,1-3H3,(H2,20,21,22);1H. The Hall–Kier alpha value is -1.35. The molecule has 0 bridgehead atoms. The van der Waals surface area contributed by atoms with Crippen LogP contribution in [0.2, 0.25) is 0 Å². The number of hydrogen-bond acceptors (Lipinski definition) is 3. The number of thiophene rings is 1. The number of methoxy groups -OCH3 is 1. The highest BCUT2D eigenvalue weighted by atomic mass is 127. The van der Waals surface area contributed by atoms with Gasteiger partial charge in [-0.05, 0) is 43.2 Å². The van der Waals surface area contributed by atoms with Crippen LogP contribution < -0.4 is 15.4 Å². The molecule has 0 fully saturated rings. The summed E-state index contributed by atoms with van der Waals surface area (Å²) in [5.74, 6) is 0.603. The van der Waals surface area contributed by atoms with Crippen molar-refractivity contribution in [2.24, 2.45) is 4.99 Å². The van der Waals surface area contributed by atoms with Crippen molar-refractivity contribution in [1.29, 1.82) is 0 Å². The first kappa shape index (κ1) is 21.7. The molecule has 0 unspecified atom stereocenters. The third-order valence-corrected chi connectivity index (χ3v) is 4.71. The molecule has 2 N–H and O–H groups in total. The number of guanidine groups is 1. The van der Waals surface area contributed by atoms with E-state index in [1.54, 1.807) is 17.4 Å². The summed E-state index contributed by atoms with van der Waals surface area (Å²) in [5, 5.41) is 6.52. The molecular formula is C18H25FIN3OS. The van der Waals surface area contributed by atoms with Crippen LogP contribution >= 0.6 is 35.3 Å². The molecule has 0 saturated heterocycles. The van der Waals surface area contributed by atoms with Gasteiger partial charge in [0.25, 0.3) is 0 Å². The number of rotatable bonds is 7. The molecule has 2 aromatic rings. The van der Waals surface area contributed by atoms with Crippen molar-refractivity contribution in [2.75, 3.05) is 13.7 Å². The summed E-state index contributed by atoms with van der Waals surface area (Å²) in [4.78, 5) is 7.16. The van der Waals surface area contributed by atoms with E-state index in [1.165, 1.54) is 22.9 Å². The van der Waals surface area contributed by atoms with E-state index in [2.05, 4.69) is 34.7 Å². The topological polar surface area (TPSA) is 45.7 Å². The van der Waals surface area contributed by atoms with E-state index in [4.69, 9.17) is 4.74 Å². The molecule has 0 radical (unpaired) electrons. The number of aryl methyl sites for hydroxylation is 1. The number of halogens is 2. The quantitative estimate of drug-likeness (QED) is 0.355. The fraction of sp³-hybridized carbons (Fsp3) is 0.389. The van der Waals surface area contributed by atoms with Crippen molar-refractivity contribution in [3.05, 3.63) is 51.5 Å². The maximum atomic E-state index is 13.7. The van der Waals surface area contributed by atoms with Crippen molar-refractivity contribution in [1.82, 2.24) is 10.6 Å². The maximum absolute atomic E-state index is 13.7. The second-order valence-corrected chi connectivity index (χ2v) is 6.49. The van der Waals surface area contributed by atoms with Crippen molar-refractivity contribution < 1.29 is 9.13 Å². The second-order valence-electron chi connectivity index (χ2n) is 5.24. The van der Waals surface area contributed by atoms with Gasteiger partial charge < -0.3 is 15.4 Å². The molecule has 25 heavy (non-hydrogen) atoms. The Labute approximate surface area is 169 Å². The zero-order chi connectivity index (χ0) is 17.4. The number of benzene rings is 1. The minimum Gasteiger partial charge on any atom is -0.494 e. The molecular weight excluding hydrogens is 452 g/mol. The van der Waals surface area contributed by atoms with Crippen LogP contribution in [-0.2, 0) is 19.5 Å². The summed E-state index contributed by atoms with van der Waals surface area (Å²) < 4.78 is 18.7. The lowest BCUT2D eigenvalue weighted by molar-refractivity contribution is 0.386. The van der Waals surface area contributed by atoms with Crippen LogP contribution in [0.4, 0.5) is 4.39 Å². The van der Waals surface area contributed by atoms with E-state index in [0.29, 0.717) is 6.54 Å². The minimum atomic E-state index is -0.367. The van der Waals surface area contributed by atoms with E-state index in [1.807, 2.05) is 13.0 Å². The van der Waals surface area contributed by atoms with Crippen LogP contribution in [0.15, 0.2) is 35.3 Å². The lowest BCUT2D eigenvalue weighted by Crippen LogP contribution is -2.36. The molecule has 0 aliphatic heterocycles. The van der Waals surface area contributed by atoms with Crippen molar-refractivity contribution in [2.45, 2.75) is 33.4 Å². The molecule has 2 rings (SSSR count). The molecule has 1 aromatic carbocycles.